The van der Waals surface area contributed by atoms with Crippen LogP contribution in [0.15, 0.2) is 78.3 Å². The Bertz CT molecular complexity index is 1750. The van der Waals surface area contributed by atoms with Crippen molar-refractivity contribution in [2.24, 2.45) is 11.8 Å². The van der Waals surface area contributed by atoms with Crippen molar-refractivity contribution < 1.29 is 30.0 Å². The molecule has 5 nitrogen and oxygen atoms in total. The monoisotopic (exact) mass is 799 g/mol. The van der Waals surface area contributed by atoms with Gasteiger partial charge in [-0.25, -0.2) is 4.98 Å². The summed E-state index contributed by atoms with van der Waals surface area (Å²) in [6, 6.07) is 20.4. The first-order chi connectivity index (χ1) is 21.1. The van der Waals surface area contributed by atoms with Crippen LogP contribution in [0.3, 0.4) is 0 Å². The van der Waals surface area contributed by atoms with Crippen LogP contribution < -0.4 is 0 Å². The van der Waals surface area contributed by atoms with E-state index in [9.17, 15) is 9.90 Å². The van der Waals surface area contributed by atoms with Crippen molar-refractivity contribution in [3.63, 3.8) is 0 Å². The summed E-state index contributed by atoms with van der Waals surface area (Å²) in [7, 11) is 0. The van der Waals surface area contributed by atoms with Crippen molar-refractivity contribution >= 4 is 38.1 Å². The molecule has 0 amide bonds. The molecule has 0 saturated heterocycles. The molecule has 0 fully saturated rings. The molecule has 3 aromatic heterocycles. The largest absolute Gasteiger partial charge is 0.512 e. The summed E-state index contributed by atoms with van der Waals surface area (Å²) in [4.78, 5) is 25.3. The third kappa shape index (κ3) is 8.72. The molecule has 2 aromatic carbocycles. The number of allylic oxidation sites excluding steroid dienone is 2. The quantitative estimate of drug-likeness (QED) is 0.0913. The van der Waals surface area contributed by atoms with Gasteiger partial charge in [-0.2, -0.15) is 0 Å². The summed E-state index contributed by atoms with van der Waals surface area (Å²) in [6.45, 7) is 14.8. The van der Waals surface area contributed by atoms with Crippen molar-refractivity contribution in [2.45, 2.75) is 79.6 Å². The Morgan fingerprint density at radius 2 is 1.58 bits per heavy atom. The first-order valence-corrected chi connectivity index (χ1v) is 16.5. The van der Waals surface area contributed by atoms with Crippen molar-refractivity contribution in [3.8, 4) is 22.5 Å². The van der Waals surface area contributed by atoms with Gasteiger partial charge in [0, 0.05) is 55.5 Å². The van der Waals surface area contributed by atoms with Gasteiger partial charge in [-0.3, -0.25) is 14.8 Å². The van der Waals surface area contributed by atoms with Crippen LogP contribution in [0.5, 0.6) is 0 Å². The maximum atomic E-state index is 11.7. The molecule has 0 aliphatic rings. The van der Waals surface area contributed by atoms with Gasteiger partial charge in [-0.05, 0) is 54.7 Å². The number of aliphatic hydroxyl groups is 1. The van der Waals surface area contributed by atoms with Gasteiger partial charge in [0.25, 0.3) is 0 Å². The van der Waals surface area contributed by atoms with E-state index in [1.54, 1.807) is 17.7 Å². The molecule has 0 bridgehead atoms. The average Bonchev–Trinajstić information content (AvgIpc) is 3.51. The van der Waals surface area contributed by atoms with Crippen LogP contribution in [-0.4, -0.2) is 25.8 Å². The number of carbonyl (C=O) groups is 1. The van der Waals surface area contributed by atoms with Crippen LogP contribution in [0.1, 0.15) is 79.7 Å². The molecule has 1 radical (unpaired) electrons. The van der Waals surface area contributed by atoms with Crippen LogP contribution in [0.25, 0.3) is 43.5 Å². The van der Waals surface area contributed by atoms with E-state index in [0.29, 0.717) is 0 Å². The van der Waals surface area contributed by atoms with E-state index in [1.807, 2.05) is 46.0 Å². The summed E-state index contributed by atoms with van der Waals surface area (Å²) < 4.78 is 1.15. The molecule has 0 unspecified atom stereocenters. The van der Waals surface area contributed by atoms with Gasteiger partial charge < -0.3 is 5.11 Å². The molecule has 0 aliphatic carbocycles. The first-order valence-electron chi connectivity index (χ1n) is 15.7. The fourth-order valence-corrected chi connectivity index (χ4v) is 6.37. The number of aromatic nitrogens is 3. The van der Waals surface area contributed by atoms with E-state index >= 15 is 0 Å². The number of pyridine rings is 1. The molecule has 3 heterocycles. The number of rotatable bonds is 9. The minimum Gasteiger partial charge on any atom is -0.512 e. The number of benzene rings is 2. The van der Waals surface area contributed by atoms with Crippen LogP contribution in [0, 0.1) is 17.9 Å². The van der Waals surface area contributed by atoms with E-state index in [-0.39, 0.29) is 48.9 Å². The molecule has 239 valence electrons. The second-order valence-electron chi connectivity index (χ2n) is 12.2. The first kappa shape index (κ1) is 36.2. The standard InChI is InChI=1S/C25H20N3S.C13H24O2.Ir/c1-25(2,3)20-13-17(12-16-6-4-5-7-18(16)20)22-14-23(28-15-27-22)19-8-10-26-21-9-11-29-24(19)21;1-5-10(6-2)12(14)9-13(15)11(7-3)8-4;/h4-11,13-15H,1-3H3;9-11,14H,5-8H2,1-4H3;/q-1;;/b;12-9-;. The molecule has 0 spiro atoms. The molecule has 45 heavy (non-hydrogen) atoms. The number of thiophene rings is 1. The minimum absolute atomic E-state index is 0. The molecule has 0 saturated carbocycles. The molecule has 5 aromatic rings. The molecule has 0 aliphatic heterocycles. The van der Waals surface area contributed by atoms with Crippen molar-refractivity contribution in [3.05, 3.63) is 89.9 Å². The molecule has 1 N–H and O–H groups in total. The fraction of sp³-hybridized carbons (Fsp3) is 0.368. The fourth-order valence-electron chi connectivity index (χ4n) is 5.50. The Labute approximate surface area is 285 Å². The summed E-state index contributed by atoms with van der Waals surface area (Å²) >= 11 is 1.69. The smallest absolute Gasteiger partial charge is 0.162 e. The van der Waals surface area contributed by atoms with Gasteiger partial charge in [0.1, 0.15) is 6.33 Å². The van der Waals surface area contributed by atoms with E-state index in [1.165, 1.54) is 17.0 Å². The van der Waals surface area contributed by atoms with Gasteiger partial charge in [-0.15, -0.1) is 40.5 Å². The summed E-state index contributed by atoms with van der Waals surface area (Å²) in [5.41, 5.74) is 6.19. The van der Waals surface area contributed by atoms with Gasteiger partial charge >= 0.3 is 0 Å². The normalized spacial score (nSPS) is 11.9. The number of nitrogens with zero attached hydrogens (tertiary/aromatic N) is 3. The van der Waals surface area contributed by atoms with Gasteiger partial charge in [0.15, 0.2) is 5.78 Å². The number of aliphatic hydroxyl groups excluding tert-OH is 1. The van der Waals surface area contributed by atoms with Crippen LogP contribution >= 0.6 is 11.3 Å². The minimum atomic E-state index is 0. The number of hydrogen-bond acceptors (Lipinski definition) is 6. The van der Waals surface area contributed by atoms with Gasteiger partial charge in [-0.1, -0.05) is 77.6 Å². The molecule has 5 rings (SSSR count). The maximum Gasteiger partial charge on any atom is 0.162 e. The zero-order chi connectivity index (χ0) is 31.9. The number of hydrogen-bond donors (Lipinski definition) is 1. The zero-order valence-electron chi connectivity index (χ0n) is 27.4. The van der Waals surface area contributed by atoms with E-state index in [4.69, 9.17) is 0 Å². The Balaban J connectivity index is 0.000000297. The van der Waals surface area contributed by atoms with E-state index in [2.05, 4.69) is 83.6 Å². The zero-order valence-corrected chi connectivity index (χ0v) is 30.6. The van der Waals surface area contributed by atoms with Crippen molar-refractivity contribution in [1.82, 2.24) is 15.0 Å². The SMILES string of the molecule is CC(C)(C)c1cc(-c2cc(-c3ccnc4ccsc34)ncn2)[c-]c2ccccc12.CCC(CC)C(=O)/C=C(\O)C(CC)CC.[Ir]. The van der Waals surface area contributed by atoms with Gasteiger partial charge in [0.05, 0.1) is 21.7 Å². The number of carbonyl (C=O) groups excluding carboxylic acids is 1. The molecule has 7 heteroatoms. The molecule has 0 atom stereocenters. The number of fused-ring (bicyclic) bond motifs is 2. The predicted molar refractivity (Wildman–Crippen MR) is 185 cm³/mol. The Morgan fingerprint density at radius 3 is 2.24 bits per heavy atom. The third-order valence-electron chi connectivity index (χ3n) is 8.23. The number of ketones is 1. The summed E-state index contributed by atoms with van der Waals surface area (Å²) in [5.74, 6) is 0.547. The predicted octanol–water partition coefficient (Wildman–Crippen LogP) is 10.5. The Kier molecular flexibility index (Phi) is 13.2. The summed E-state index contributed by atoms with van der Waals surface area (Å²) in [5, 5.41) is 14.2. The topological polar surface area (TPSA) is 76.0 Å². The van der Waals surface area contributed by atoms with Gasteiger partial charge in [0.2, 0.25) is 0 Å². The Hall–Kier alpha value is -3.25. The molecular weight excluding hydrogens is 755 g/mol. The van der Waals surface area contributed by atoms with Crippen molar-refractivity contribution in [1.29, 1.82) is 0 Å². The molecular formula is C38H44IrN3O2S-. The second kappa shape index (κ2) is 16.4. The van der Waals surface area contributed by atoms with Crippen LogP contribution in [-0.2, 0) is 30.3 Å². The van der Waals surface area contributed by atoms with Crippen LogP contribution in [0.2, 0.25) is 0 Å². The van der Waals surface area contributed by atoms with Crippen LogP contribution in [0.4, 0.5) is 0 Å². The van der Waals surface area contributed by atoms with Crippen molar-refractivity contribution in [2.75, 3.05) is 0 Å². The Morgan fingerprint density at radius 1 is 0.911 bits per heavy atom. The van der Waals surface area contributed by atoms with E-state index in [0.717, 1.165) is 63.8 Å². The third-order valence-corrected chi connectivity index (χ3v) is 9.17. The summed E-state index contributed by atoms with van der Waals surface area (Å²) in [6.07, 6.45) is 8.39. The second-order valence-corrected chi connectivity index (χ2v) is 13.1. The average molecular weight is 799 g/mol. The van der Waals surface area contributed by atoms with E-state index < -0.39 is 0 Å². The maximum absolute atomic E-state index is 11.7.